The molecule has 0 fully saturated rings. The van der Waals surface area contributed by atoms with Crippen LogP contribution in [0.1, 0.15) is 18.5 Å². The van der Waals surface area contributed by atoms with Gasteiger partial charge in [-0.3, -0.25) is 4.79 Å². The minimum atomic E-state index is -0.307. The van der Waals surface area contributed by atoms with Crippen LogP contribution in [0.3, 0.4) is 0 Å². The predicted molar refractivity (Wildman–Crippen MR) is 115 cm³/mol. The van der Waals surface area contributed by atoms with Crippen molar-refractivity contribution in [3.05, 3.63) is 75.4 Å². The van der Waals surface area contributed by atoms with Crippen molar-refractivity contribution in [1.82, 2.24) is 9.80 Å². The van der Waals surface area contributed by atoms with E-state index in [2.05, 4.69) is 5.32 Å². The molecule has 0 saturated carbocycles. The van der Waals surface area contributed by atoms with Crippen LogP contribution >= 0.6 is 35.4 Å². The van der Waals surface area contributed by atoms with E-state index < -0.39 is 0 Å². The summed E-state index contributed by atoms with van der Waals surface area (Å²) in [4.78, 5) is 17.0. The van der Waals surface area contributed by atoms with Gasteiger partial charge in [-0.25, -0.2) is 0 Å². The van der Waals surface area contributed by atoms with Crippen molar-refractivity contribution in [3.63, 3.8) is 0 Å². The molecule has 1 aliphatic rings. The molecule has 1 unspecified atom stereocenters. The second-order valence-electron chi connectivity index (χ2n) is 6.37. The highest BCUT2D eigenvalue weighted by atomic mass is 35.5. The Bertz CT molecular complexity index is 910. The molecule has 1 aliphatic heterocycles. The summed E-state index contributed by atoms with van der Waals surface area (Å²) in [5.74, 6) is -0.184. The van der Waals surface area contributed by atoms with Crippen molar-refractivity contribution >= 4 is 52.1 Å². The molecule has 0 bridgehead atoms. The zero-order valence-corrected chi connectivity index (χ0v) is 17.5. The molecule has 2 aromatic rings. The zero-order valence-electron chi connectivity index (χ0n) is 15.2. The third kappa shape index (κ3) is 3.95. The number of hydrogen-bond donors (Lipinski definition) is 1. The second kappa shape index (κ2) is 7.89. The fourth-order valence-corrected chi connectivity index (χ4v) is 3.61. The Morgan fingerprint density at radius 3 is 2.07 bits per heavy atom. The van der Waals surface area contributed by atoms with Crippen LogP contribution in [0.2, 0.25) is 10.0 Å². The molecule has 1 heterocycles. The summed E-state index contributed by atoms with van der Waals surface area (Å²) in [7, 11) is 3.75. The summed E-state index contributed by atoms with van der Waals surface area (Å²) >= 11 is 17.5. The van der Waals surface area contributed by atoms with Gasteiger partial charge in [0.05, 0.1) is 11.6 Å². The van der Waals surface area contributed by atoms with Gasteiger partial charge in [0.2, 0.25) is 0 Å². The molecular formula is C20H19Cl2N3OS. The Kier molecular flexibility index (Phi) is 5.75. The number of nitrogens with one attached hydrogen (secondary N) is 1. The lowest BCUT2D eigenvalue weighted by Gasteiger charge is -2.42. The zero-order chi connectivity index (χ0) is 19.7. The van der Waals surface area contributed by atoms with Crippen molar-refractivity contribution in [2.75, 3.05) is 19.4 Å². The number of allylic oxidation sites excluding steroid dienone is 1. The third-order valence-electron chi connectivity index (χ3n) is 4.67. The van der Waals surface area contributed by atoms with Crippen LogP contribution in [-0.4, -0.2) is 34.9 Å². The van der Waals surface area contributed by atoms with E-state index in [1.54, 1.807) is 24.3 Å². The van der Waals surface area contributed by atoms with E-state index in [0.29, 0.717) is 26.4 Å². The Morgan fingerprint density at radius 2 is 1.52 bits per heavy atom. The summed E-state index contributed by atoms with van der Waals surface area (Å²) in [5.41, 5.74) is 3.06. The third-order valence-corrected chi connectivity index (χ3v) is 5.74. The van der Waals surface area contributed by atoms with Gasteiger partial charge in [0, 0.05) is 35.5 Å². The molecule has 0 aromatic heterocycles. The molecule has 4 nitrogen and oxygen atoms in total. The van der Waals surface area contributed by atoms with E-state index in [-0.39, 0.29) is 11.9 Å². The maximum atomic E-state index is 13.2. The smallest absolute Gasteiger partial charge is 0.255 e. The predicted octanol–water partition coefficient (Wildman–Crippen LogP) is 5.11. The molecular weight excluding hydrogens is 401 g/mol. The number of anilines is 1. The highest BCUT2D eigenvalue weighted by Gasteiger charge is 2.36. The van der Waals surface area contributed by atoms with Gasteiger partial charge in [-0.15, -0.1) is 0 Å². The lowest BCUT2D eigenvalue weighted by atomic mass is 9.93. The second-order valence-corrected chi connectivity index (χ2v) is 7.60. The first-order chi connectivity index (χ1) is 12.8. The minimum Gasteiger partial charge on any atom is -0.340 e. The van der Waals surface area contributed by atoms with Gasteiger partial charge in [-0.05, 0) is 61.1 Å². The number of thiocarbonyl (C=S) groups is 1. The summed E-state index contributed by atoms with van der Waals surface area (Å²) < 4.78 is 0. The van der Waals surface area contributed by atoms with E-state index in [9.17, 15) is 4.79 Å². The molecule has 27 heavy (non-hydrogen) atoms. The standard InChI is InChI=1S/C20H19Cl2N3OS/c1-12-17(19(26)23-16-10-8-15(22)9-11-16)18(25(3)20(27)24(12)2)13-4-6-14(21)7-5-13/h4-11,18H,1-3H3,(H,23,26). The molecule has 0 radical (unpaired) electrons. The quantitative estimate of drug-likeness (QED) is 0.701. The summed E-state index contributed by atoms with van der Waals surface area (Å²) in [6.45, 7) is 1.90. The highest BCUT2D eigenvalue weighted by molar-refractivity contribution is 7.80. The molecule has 1 N–H and O–H groups in total. The molecule has 7 heteroatoms. The van der Waals surface area contributed by atoms with Crippen molar-refractivity contribution in [1.29, 1.82) is 0 Å². The van der Waals surface area contributed by atoms with Gasteiger partial charge in [0.1, 0.15) is 0 Å². The van der Waals surface area contributed by atoms with E-state index >= 15 is 0 Å². The molecule has 0 aliphatic carbocycles. The number of nitrogens with zero attached hydrogens (tertiary/aromatic N) is 2. The van der Waals surface area contributed by atoms with Crippen LogP contribution < -0.4 is 5.32 Å². The first-order valence-corrected chi connectivity index (χ1v) is 9.49. The fourth-order valence-electron chi connectivity index (χ4n) is 3.12. The lowest BCUT2D eigenvalue weighted by molar-refractivity contribution is -0.113. The van der Waals surface area contributed by atoms with Gasteiger partial charge < -0.3 is 15.1 Å². The average Bonchev–Trinajstić information content (AvgIpc) is 2.65. The first kappa shape index (κ1) is 19.7. The average molecular weight is 420 g/mol. The minimum absolute atomic E-state index is 0.184. The van der Waals surface area contributed by atoms with Crippen LogP contribution in [-0.2, 0) is 4.79 Å². The molecule has 1 atom stereocenters. The van der Waals surface area contributed by atoms with Crippen molar-refractivity contribution < 1.29 is 4.79 Å². The van der Waals surface area contributed by atoms with Crippen molar-refractivity contribution in [2.45, 2.75) is 13.0 Å². The number of benzene rings is 2. The number of amides is 1. The Morgan fingerprint density at radius 1 is 1.00 bits per heavy atom. The maximum Gasteiger partial charge on any atom is 0.255 e. The number of carbonyl (C=O) groups excluding carboxylic acids is 1. The monoisotopic (exact) mass is 419 g/mol. The molecule has 1 amide bonds. The van der Waals surface area contributed by atoms with Crippen molar-refractivity contribution in [2.24, 2.45) is 0 Å². The van der Waals surface area contributed by atoms with Gasteiger partial charge in [-0.2, -0.15) is 0 Å². The van der Waals surface area contributed by atoms with E-state index in [0.717, 1.165) is 11.3 Å². The number of rotatable bonds is 3. The number of halogens is 2. The van der Waals surface area contributed by atoms with E-state index in [1.165, 1.54) is 0 Å². The SMILES string of the molecule is CC1=C(C(=O)Nc2ccc(Cl)cc2)C(c2ccc(Cl)cc2)N(C)C(=S)N1C. The number of carbonyl (C=O) groups is 1. The molecule has 0 saturated heterocycles. The van der Waals surface area contributed by atoms with Gasteiger partial charge in [0.15, 0.2) is 5.11 Å². The normalized spacial score (nSPS) is 17.4. The summed E-state index contributed by atoms with van der Waals surface area (Å²) in [6, 6.07) is 14.2. The molecule has 0 spiro atoms. The Hall–Kier alpha value is -2.08. The van der Waals surface area contributed by atoms with Gasteiger partial charge >= 0.3 is 0 Å². The van der Waals surface area contributed by atoms with Crippen LogP contribution in [0, 0.1) is 0 Å². The highest BCUT2D eigenvalue weighted by Crippen LogP contribution is 2.36. The molecule has 3 rings (SSSR count). The number of hydrogen-bond acceptors (Lipinski definition) is 2. The topological polar surface area (TPSA) is 35.6 Å². The van der Waals surface area contributed by atoms with E-state index in [1.807, 2.05) is 55.1 Å². The van der Waals surface area contributed by atoms with Gasteiger partial charge in [0.25, 0.3) is 5.91 Å². The summed E-state index contributed by atoms with van der Waals surface area (Å²) in [6.07, 6.45) is 0. The van der Waals surface area contributed by atoms with Crippen LogP contribution in [0.25, 0.3) is 0 Å². The fraction of sp³-hybridized carbons (Fsp3) is 0.200. The lowest BCUT2D eigenvalue weighted by Crippen LogP contribution is -2.47. The van der Waals surface area contributed by atoms with Crippen LogP contribution in [0.15, 0.2) is 59.8 Å². The van der Waals surface area contributed by atoms with Crippen molar-refractivity contribution in [3.8, 4) is 0 Å². The maximum absolute atomic E-state index is 13.2. The van der Waals surface area contributed by atoms with E-state index in [4.69, 9.17) is 35.4 Å². The molecule has 140 valence electrons. The molecule has 2 aromatic carbocycles. The first-order valence-electron chi connectivity index (χ1n) is 8.33. The Labute approximate surface area is 174 Å². The van der Waals surface area contributed by atoms with Crippen LogP contribution in [0.5, 0.6) is 0 Å². The summed E-state index contributed by atoms with van der Waals surface area (Å²) in [5, 5.41) is 4.87. The Balaban J connectivity index is 2.03. The van der Waals surface area contributed by atoms with Crippen LogP contribution in [0.4, 0.5) is 5.69 Å². The van der Waals surface area contributed by atoms with Gasteiger partial charge in [-0.1, -0.05) is 35.3 Å². The largest absolute Gasteiger partial charge is 0.340 e. The number of likely N-dealkylation sites (N-methyl/N-ethyl adjacent to an activating group) is 1.